The van der Waals surface area contributed by atoms with Crippen molar-refractivity contribution >= 4 is 38.6 Å². The molecule has 148 valence electrons. The summed E-state index contributed by atoms with van der Waals surface area (Å²) in [6, 6.07) is 20.5. The first kappa shape index (κ1) is 20.0. The number of para-hydroxylation sites is 2. The van der Waals surface area contributed by atoms with Gasteiger partial charge in [0, 0.05) is 21.6 Å². The molecule has 1 aromatic heterocycles. The van der Waals surface area contributed by atoms with Gasteiger partial charge in [-0.25, -0.2) is 4.98 Å². The van der Waals surface area contributed by atoms with Crippen LogP contribution in [0.5, 0.6) is 5.75 Å². The van der Waals surface area contributed by atoms with Gasteiger partial charge in [-0.2, -0.15) is 0 Å². The minimum absolute atomic E-state index is 0.632. The van der Waals surface area contributed by atoms with Crippen molar-refractivity contribution in [2.24, 2.45) is 0 Å². The van der Waals surface area contributed by atoms with Crippen molar-refractivity contribution < 1.29 is 4.74 Å². The van der Waals surface area contributed by atoms with E-state index >= 15 is 0 Å². The zero-order valence-electron chi connectivity index (χ0n) is 16.5. The predicted molar refractivity (Wildman–Crippen MR) is 124 cm³/mol. The molecule has 0 bridgehead atoms. The Morgan fingerprint density at radius 2 is 1.69 bits per heavy atom. The molecule has 0 spiro atoms. The van der Waals surface area contributed by atoms with Gasteiger partial charge in [0.15, 0.2) is 0 Å². The van der Waals surface area contributed by atoms with E-state index in [1.165, 1.54) is 0 Å². The summed E-state index contributed by atoms with van der Waals surface area (Å²) in [5.41, 5.74) is 5.34. The lowest BCUT2D eigenvalue weighted by molar-refractivity contribution is 0.302. The highest BCUT2D eigenvalue weighted by Crippen LogP contribution is 2.28. The summed E-state index contributed by atoms with van der Waals surface area (Å²) in [5.74, 6) is 1.85. The lowest BCUT2D eigenvalue weighted by Crippen LogP contribution is -2.06. The van der Waals surface area contributed by atoms with Crippen LogP contribution in [-0.2, 0) is 6.54 Å². The molecule has 0 saturated carbocycles. The maximum absolute atomic E-state index is 6.25. The molecule has 0 saturated heterocycles. The second-order valence-corrected chi connectivity index (χ2v) is 8.45. The Balaban J connectivity index is 1.53. The Morgan fingerprint density at radius 3 is 2.41 bits per heavy atom. The highest BCUT2D eigenvalue weighted by Gasteiger charge is 2.12. The standard InChI is InChI=1S/C24H22BrClN2O/c1-16-14-20(15-17(2)23(16)26)29-13-5-12-28-22-7-4-3-6-21(22)27-24(28)18-8-10-19(25)11-9-18/h3-4,6-11,14-15H,5,12-13H2,1-2H3. The van der Waals surface area contributed by atoms with Crippen molar-refractivity contribution in [3.8, 4) is 17.1 Å². The minimum Gasteiger partial charge on any atom is -0.494 e. The molecule has 0 atom stereocenters. The summed E-state index contributed by atoms with van der Waals surface area (Å²) in [6.07, 6.45) is 0.880. The molecule has 3 nitrogen and oxygen atoms in total. The predicted octanol–water partition coefficient (Wildman–Crippen LogP) is 7.21. The molecule has 4 rings (SSSR count). The van der Waals surface area contributed by atoms with Crippen LogP contribution in [-0.4, -0.2) is 16.2 Å². The largest absolute Gasteiger partial charge is 0.494 e. The van der Waals surface area contributed by atoms with Gasteiger partial charge in [-0.3, -0.25) is 0 Å². The topological polar surface area (TPSA) is 27.1 Å². The van der Waals surface area contributed by atoms with Crippen LogP contribution in [0.1, 0.15) is 17.5 Å². The van der Waals surface area contributed by atoms with Gasteiger partial charge in [0.25, 0.3) is 0 Å². The quantitative estimate of drug-likeness (QED) is 0.279. The van der Waals surface area contributed by atoms with Gasteiger partial charge in [-0.1, -0.05) is 51.8 Å². The van der Waals surface area contributed by atoms with Crippen molar-refractivity contribution in [1.82, 2.24) is 9.55 Å². The molecular formula is C24H22BrClN2O. The van der Waals surface area contributed by atoms with E-state index in [0.717, 1.165) is 61.8 Å². The number of nitrogens with zero attached hydrogens (tertiary/aromatic N) is 2. The monoisotopic (exact) mass is 468 g/mol. The molecule has 4 aromatic rings. The van der Waals surface area contributed by atoms with Gasteiger partial charge in [-0.15, -0.1) is 0 Å². The Hall–Kier alpha value is -2.30. The van der Waals surface area contributed by atoms with E-state index in [9.17, 15) is 0 Å². The number of hydrogen-bond acceptors (Lipinski definition) is 2. The van der Waals surface area contributed by atoms with Gasteiger partial charge in [0.05, 0.1) is 17.6 Å². The van der Waals surface area contributed by atoms with E-state index in [2.05, 4.69) is 50.8 Å². The summed E-state index contributed by atoms with van der Waals surface area (Å²) in [4.78, 5) is 4.87. The van der Waals surface area contributed by atoms with Crippen LogP contribution in [0.15, 0.2) is 65.1 Å². The van der Waals surface area contributed by atoms with Gasteiger partial charge < -0.3 is 9.30 Å². The van der Waals surface area contributed by atoms with E-state index in [-0.39, 0.29) is 0 Å². The third kappa shape index (κ3) is 4.34. The summed E-state index contributed by atoms with van der Waals surface area (Å²) in [5, 5.41) is 0.807. The first-order valence-corrected chi connectivity index (χ1v) is 10.8. The number of fused-ring (bicyclic) bond motifs is 1. The lowest BCUT2D eigenvalue weighted by Gasteiger charge is -2.12. The molecule has 0 N–H and O–H groups in total. The fraction of sp³-hybridized carbons (Fsp3) is 0.208. The SMILES string of the molecule is Cc1cc(OCCCn2c(-c3ccc(Br)cc3)nc3ccccc32)cc(C)c1Cl. The highest BCUT2D eigenvalue weighted by atomic mass is 79.9. The van der Waals surface area contributed by atoms with Crippen molar-refractivity contribution in [3.05, 3.63) is 81.3 Å². The number of rotatable bonds is 6. The van der Waals surface area contributed by atoms with Crippen molar-refractivity contribution in [2.75, 3.05) is 6.61 Å². The Morgan fingerprint density at radius 1 is 1.00 bits per heavy atom. The average Bonchev–Trinajstić information content (AvgIpc) is 3.08. The normalized spacial score (nSPS) is 11.2. The van der Waals surface area contributed by atoms with Crippen molar-refractivity contribution in [2.45, 2.75) is 26.8 Å². The van der Waals surface area contributed by atoms with Gasteiger partial charge in [-0.05, 0) is 67.8 Å². The smallest absolute Gasteiger partial charge is 0.141 e. The number of benzene rings is 3. The van der Waals surface area contributed by atoms with Crippen LogP contribution < -0.4 is 4.74 Å². The second kappa shape index (κ2) is 8.60. The van der Waals surface area contributed by atoms with E-state index < -0.39 is 0 Å². The maximum atomic E-state index is 6.25. The van der Waals surface area contributed by atoms with Crippen LogP contribution in [0.2, 0.25) is 5.02 Å². The second-order valence-electron chi connectivity index (χ2n) is 7.16. The summed E-state index contributed by atoms with van der Waals surface area (Å²) < 4.78 is 9.33. The Kier molecular flexibility index (Phi) is 5.93. The van der Waals surface area contributed by atoms with E-state index in [1.807, 2.05) is 44.2 Å². The van der Waals surface area contributed by atoms with Crippen molar-refractivity contribution in [1.29, 1.82) is 0 Å². The molecule has 3 aromatic carbocycles. The third-order valence-electron chi connectivity index (χ3n) is 4.96. The number of aromatic nitrogens is 2. The highest BCUT2D eigenvalue weighted by molar-refractivity contribution is 9.10. The van der Waals surface area contributed by atoms with E-state index in [4.69, 9.17) is 21.3 Å². The minimum atomic E-state index is 0.632. The maximum Gasteiger partial charge on any atom is 0.141 e. The number of imidazole rings is 1. The molecular weight excluding hydrogens is 448 g/mol. The van der Waals surface area contributed by atoms with Crippen LogP contribution in [0, 0.1) is 13.8 Å². The summed E-state index contributed by atoms with van der Waals surface area (Å²) in [6.45, 7) is 5.47. The zero-order chi connectivity index (χ0) is 20.4. The number of halogens is 2. The molecule has 0 aliphatic rings. The molecule has 1 heterocycles. The molecule has 0 radical (unpaired) electrons. The molecule has 0 aliphatic heterocycles. The first-order valence-electron chi connectivity index (χ1n) is 9.63. The summed E-state index contributed by atoms with van der Waals surface area (Å²) in [7, 11) is 0. The molecule has 0 amide bonds. The fourth-order valence-corrected chi connectivity index (χ4v) is 3.90. The van der Waals surface area contributed by atoms with Crippen LogP contribution in [0.25, 0.3) is 22.4 Å². The Labute approximate surface area is 184 Å². The van der Waals surface area contributed by atoms with Crippen LogP contribution in [0.4, 0.5) is 0 Å². The van der Waals surface area contributed by atoms with E-state index in [0.29, 0.717) is 6.61 Å². The molecule has 0 unspecified atom stereocenters. The van der Waals surface area contributed by atoms with Crippen LogP contribution in [0.3, 0.4) is 0 Å². The third-order valence-corrected chi connectivity index (χ3v) is 6.09. The number of hydrogen-bond donors (Lipinski definition) is 0. The van der Waals surface area contributed by atoms with Crippen molar-refractivity contribution in [3.63, 3.8) is 0 Å². The Bertz CT molecular complexity index is 1130. The summed E-state index contributed by atoms with van der Waals surface area (Å²) >= 11 is 9.76. The first-order chi connectivity index (χ1) is 14.0. The van der Waals surface area contributed by atoms with Gasteiger partial charge >= 0.3 is 0 Å². The molecule has 29 heavy (non-hydrogen) atoms. The average molecular weight is 470 g/mol. The number of ether oxygens (including phenoxy) is 1. The van der Waals surface area contributed by atoms with E-state index in [1.54, 1.807) is 0 Å². The fourth-order valence-electron chi connectivity index (χ4n) is 3.52. The van der Waals surface area contributed by atoms with Gasteiger partial charge in [0.1, 0.15) is 11.6 Å². The zero-order valence-corrected chi connectivity index (χ0v) is 18.8. The lowest BCUT2D eigenvalue weighted by atomic mass is 10.1. The molecule has 0 aliphatic carbocycles. The molecule has 5 heteroatoms. The van der Waals surface area contributed by atoms with Gasteiger partial charge in [0.2, 0.25) is 0 Å². The molecule has 0 fully saturated rings. The number of aryl methyl sites for hydroxylation is 3. The van der Waals surface area contributed by atoms with Crippen LogP contribution >= 0.6 is 27.5 Å².